The van der Waals surface area contributed by atoms with E-state index in [2.05, 4.69) is 16.0 Å². The van der Waals surface area contributed by atoms with Crippen LogP contribution in [0.4, 0.5) is 5.69 Å². The number of aromatic amines is 1. The van der Waals surface area contributed by atoms with Crippen molar-refractivity contribution in [1.29, 1.82) is 0 Å². The number of ketones is 1. The molecule has 1 aromatic heterocycles. The van der Waals surface area contributed by atoms with Crippen molar-refractivity contribution in [2.45, 2.75) is 6.92 Å². The normalized spacial score (nSPS) is 15.5. The van der Waals surface area contributed by atoms with Crippen LogP contribution in [0, 0.1) is 6.92 Å². The third-order valence-corrected chi connectivity index (χ3v) is 5.57. The molecule has 0 bridgehead atoms. The molecule has 2 aromatic carbocycles. The number of halogens is 1. The van der Waals surface area contributed by atoms with Gasteiger partial charge in [-0.2, -0.15) is 0 Å². The Morgan fingerprint density at radius 1 is 1.12 bits per heavy atom. The third-order valence-electron chi connectivity index (χ3n) is 5.25. The van der Waals surface area contributed by atoms with Gasteiger partial charge in [-0.1, -0.05) is 41.9 Å². The fourth-order valence-electron chi connectivity index (χ4n) is 3.90. The number of aryl methyl sites for hydroxylation is 1. The Bertz CT molecular complexity index is 941. The Kier molecular flexibility index (Phi) is 4.70. The van der Waals surface area contributed by atoms with Gasteiger partial charge in [0.15, 0.2) is 0 Å². The van der Waals surface area contributed by atoms with Crippen LogP contribution in [0.15, 0.2) is 48.5 Å². The number of para-hydroxylation sites is 2. The summed E-state index contributed by atoms with van der Waals surface area (Å²) in [4.78, 5) is 19.9. The first-order valence-electron chi connectivity index (χ1n) is 9.07. The molecule has 4 rings (SSSR count). The zero-order chi connectivity index (χ0) is 18.1. The van der Waals surface area contributed by atoms with Crippen molar-refractivity contribution in [1.82, 2.24) is 4.98 Å². The summed E-state index contributed by atoms with van der Waals surface area (Å²) in [5.41, 5.74) is 3.94. The van der Waals surface area contributed by atoms with Crippen LogP contribution in [-0.2, 0) is 0 Å². The second-order valence-corrected chi connectivity index (χ2v) is 7.37. The minimum absolute atomic E-state index is 0.223. The molecular formula is C21H23ClN3O+. The molecular weight excluding hydrogens is 346 g/mol. The summed E-state index contributed by atoms with van der Waals surface area (Å²) in [5.74, 6) is 0.223. The van der Waals surface area contributed by atoms with Crippen LogP contribution in [0.5, 0.6) is 0 Å². The van der Waals surface area contributed by atoms with Gasteiger partial charge in [0.1, 0.15) is 6.54 Å². The predicted octanol–water partition coefficient (Wildman–Crippen LogP) is 2.72. The Balaban J connectivity index is 1.43. The topological polar surface area (TPSA) is 40.5 Å². The summed E-state index contributed by atoms with van der Waals surface area (Å²) in [6.07, 6.45) is 0. The summed E-state index contributed by atoms with van der Waals surface area (Å²) in [6.45, 7) is 6.24. The van der Waals surface area contributed by atoms with Gasteiger partial charge in [-0.05, 0) is 25.1 Å². The summed E-state index contributed by atoms with van der Waals surface area (Å²) < 4.78 is 0. The SMILES string of the molecule is Cc1[nH]c2ccccc2c1C(=O)C[NH+]1CCN(c2ccccc2Cl)CC1. The molecule has 0 radical (unpaired) electrons. The molecule has 0 saturated carbocycles. The number of piperazine rings is 1. The lowest BCUT2D eigenvalue weighted by molar-refractivity contribution is -0.892. The van der Waals surface area contributed by atoms with Crippen LogP contribution >= 0.6 is 11.6 Å². The molecule has 2 N–H and O–H groups in total. The zero-order valence-corrected chi connectivity index (χ0v) is 15.6. The van der Waals surface area contributed by atoms with E-state index >= 15 is 0 Å². The fourth-order valence-corrected chi connectivity index (χ4v) is 4.16. The lowest BCUT2D eigenvalue weighted by Gasteiger charge is -2.33. The number of benzene rings is 2. The number of nitrogens with zero attached hydrogens (tertiary/aromatic N) is 1. The molecule has 2 heterocycles. The average Bonchev–Trinajstić information content (AvgIpc) is 2.99. The number of Topliss-reactive ketones (excluding diaryl/α,β-unsaturated/α-hetero) is 1. The molecule has 5 heteroatoms. The number of aromatic nitrogens is 1. The number of hydrogen-bond acceptors (Lipinski definition) is 2. The number of hydrogen-bond donors (Lipinski definition) is 2. The maximum atomic E-state index is 12.9. The Morgan fingerprint density at radius 2 is 1.81 bits per heavy atom. The Morgan fingerprint density at radius 3 is 2.58 bits per heavy atom. The van der Waals surface area contributed by atoms with E-state index in [1.54, 1.807) is 0 Å². The van der Waals surface area contributed by atoms with Crippen molar-refractivity contribution in [3.8, 4) is 0 Å². The van der Waals surface area contributed by atoms with E-state index in [4.69, 9.17) is 11.6 Å². The summed E-state index contributed by atoms with van der Waals surface area (Å²) in [5, 5.41) is 1.82. The second-order valence-electron chi connectivity index (χ2n) is 6.96. The van der Waals surface area contributed by atoms with Gasteiger partial charge in [-0.25, -0.2) is 0 Å². The minimum Gasteiger partial charge on any atom is -0.359 e. The second kappa shape index (κ2) is 7.14. The molecule has 0 aliphatic carbocycles. The van der Waals surface area contributed by atoms with Gasteiger partial charge >= 0.3 is 0 Å². The molecule has 1 aliphatic heterocycles. The van der Waals surface area contributed by atoms with Gasteiger partial charge in [0.25, 0.3) is 0 Å². The number of carbonyl (C=O) groups is 1. The first kappa shape index (κ1) is 17.1. The maximum Gasteiger partial charge on any atom is 0.219 e. The fraction of sp³-hybridized carbons (Fsp3) is 0.286. The Labute approximate surface area is 158 Å². The van der Waals surface area contributed by atoms with Crippen molar-refractivity contribution < 1.29 is 9.69 Å². The van der Waals surface area contributed by atoms with Crippen LogP contribution in [-0.4, -0.2) is 43.5 Å². The first-order chi connectivity index (χ1) is 12.6. The molecule has 0 atom stereocenters. The molecule has 26 heavy (non-hydrogen) atoms. The molecule has 0 unspecified atom stereocenters. The average molecular weight is 369 g/mol. The maximum absolute atomic E-state index is 12.9. The third kappa shape index (κ3) is 3.22. The highest BCUT2D eigenvalue weighted by atomic mass is 35.5. The van der Waals surface area contributed by atoms with Crippen molar-refractivity contribution in [2.24, 2.45) is 0 Å². The van der Waals surface area contributed by atoms with E-state index in [0.29, 0.717) is 6.54 Å². The highest BCUT2D eigenvalue weighted by Gasteiger charge is 2.25. The van der Waals surface area contributed by atoms with Crippen LogP contribution in [0.1, 0.15) is 16.1 Å². The van der Waals surface area contributed by atoms with E-state index in [0.717, 1.165) is 59.0 Å². The van der Waals surface area contributed by atoms with Crippen molar-refractivity contribution in [2.75, 3.05) is 37.6 Å². The van der Waals surface area contributed by atoms with Gasteiger partial charge < -0.3 is 14.8 Å². The van der Waals surface area contributed by atoms with E-state index in [-0.39, 0.29) is 5.78 Å². The quantitative estimate of drug-likeness (QED) is 0.695. The van der Waals surface area contributed by atoms with Crippen molar-refractivity contribution in [3.05, 3.63) is 64.8 Å². The minimum atomic E-state index is 0.223. The highest BCUT2D eigenvalue weighted by Crippen LogP contribution is 2.25. The van der Waals surface area contributed by atoms with Gasteiger partial charge in [0, 0.05) is 16.6 Å². The molecule has 4 nitrogen and oxygen atoms in total. The number of fused-ring (bicyclic) bond motifs is 1. The van der Waals surface area contributed by atoms with Crippen molar-refractivity contribution >= 4 is 34.0 Å². The molecule has 1 fully saturated rings. The Hall–Kier alpha value is -2.30. The number of anilines is 1. The standard InChI is InChI=1S/C21H22ClN3O/c1-15-21(16-6-2-4-8-18(16)23-15)20(26)14-24-10-12-25(13-11-24)19-9-5-3-7-17(19)22/h2-9,23H,10-14H2,1H3/p+1. The monoisotopic (exact) mass is 368 g/mol. The predicted molar refractivity (Wildman–Crippen MR) is 107 cm³/mol. The zero-order valence-electron chi connectivity index (χ0n) is 14.9. The highest BCUT2D eigenvalue weighted by molar-refractivity contribution is 6.33. The number of H-pyrrole nitrogens is 1. The lowest BCUT2D eigenvalue weighted by atomic mass is 10.1. The largest absolute Gasteiger partial charge is 0.359 e. The van der Waals surface area contributed by atoms with E-state index < -0.39 is 0 Å². The summed E-state index contributed by atoms with van der Waals surface area (Å²) in [7, 11) is 0. The van der Waals surface area contributed by atoms with Gasteiger partial charge in [0.2, 0.25) is 5.78 Å². The number of rotatable bonds is 4. The van der Waals surface area contributed by atoms with Crippen LogP contribution < -0.4 is 9.80 Å². The molecule has 0 spiro atoms. The van der Waals surface area contributed by atoms with Gasteiger partial charge in [-0.3, -0.25) is 4.79 Å². The molecule has 3 aromatic rings. The molecule has 134 valence electrons. The van der Waals surface area contributed by atoms with Crippen molar-refractivity contribution in [3.63, 3.8) is 0 Å². The molecule has 0 amide bonds. The number of nitrogens with one attached hydrogen (secondary N) is 2. The van der Waals surface area contributed by atoms with E-state index in [1.165, 1.54) is 4.90 Å². The van der Waals surface area contributed by atoms with Gasteiger partial charge in [-0.15, -0.1) is 0 Å². The smallest absolute Gasteiger partial charge is 0.219 e. The summed E-state index contributed by atoms with van der Waals surface area (Å²) in [6, 6.07) is 16.0. The number of carbonyl (C=O) groups excluding carboxylic acids is 1. The number of quaternary nitrogens is 1. The van der Waals surface area contributed by atoms with Crippen LogP contribution in [0.25, 0.3) is 10.9 Å². The van der Waals surface area contributed by atoms with Crippen LogP contribution in [0.3, 0.4) is 0 Å². The van der Waals surface area contributed by atoms with Crippen LogP contribution in [0.2, 0.25) is 5.02 Å². The molecule has 1 saturated heterocycles. The van der Waals surface area contributed by atoms with Gasteiger partial charge in [0.05, 0.1) is 42.5 Å². The van der Waals surface area contributed by atoms with E-state index in [9.17, 15) is 4.79 Å². The summed E-state index contributed by atoms with van der Waals surface area (Å²) >= 11 is 6.31. The lowest BCUT2D eigenvalue weighted by Crippen LogP contribution is -3.15. The first-order valence-corrected chi connectivity index (χ1v) is 9.45. The van der Waals surface area contributed by atoms with E-state index in [1.807, 2.05) is 49.4 Å². The molecule has 1 aliphatic rings.